The molecule has 1 amide bonds. The molecule has 0 saturated carbocycles. The van der Waals surface area contributed by atoms with Crippen molar-refractivity contribution >= 4 is 25.8 Å². The van der Waals surface area contributed by atoms with Crippen LogP contribution >= 0.6 is 10.7 Å². The molecule has 0 bridgehead atoms. The zero-order chi connectivity index (χ0) is 17.3. The summed E-state index contributed by atoms with van der Waals surface area (Å²) in [5.41, 5.74) is -1.08. The minimum Gasteiger partial charge on any atom is -0.444 e. The first-order valence-electron chi connectivity index (χ1n) is 7.64. The molecule has 0 aromatic carbocycles. The third-order valence-electron chi connectivity index (χ3n) is 3.80. The molecule has 2 fully saturated rings. The molecule has 0 aromatic rings. The predicted octanol–water partition coefficient (Wildman–Crippen LogP) is 1.74. The molecule has 1 unspecified atom stereocenters. The summed E-state index contributed by atoms with van der Waals surface area (Å²) in [6.45, 7) is 7.05. The standard InChI is InChI=1S/C14H24ClNO6S/c1-13(2,3)22-12(17)16-6-4-14(5-7-16)10-20-8-11(21-14)9-23(15,18)19/h11H,4-10H2,1-3H3. The second kappa shape index (κ2) is 6.74. The third kappa shape index (κ3) is 5.77. The molecule has 2 aliphatic rings. The lowest BCUT2D eigenvalue weighted by molar-refractivity contribution is -0.206. The highest BCUT2D eigenvalue weighted by Crippen LogP contribution is 2.32. The van der Waals surface area contributed by atoms with Crippen LogP contribution in [0.15, 0.2) is 0 Å². The van der Waals surface area contributed by atoms with Crippen molar-refractivity contribution in [3.63, 3.8) is 0 Å². The van der Waals surface area contributed by atoms with Gasteiger partial charge in [0.2, 0.25) is 9.05 Å². The maximum Gasteiger partial charge on any atom is 0.410 e. The third-order valence-corrected chi connectivity index (χ3v) is 4.94. The number of rotatable bonds is 2. The largest absolute Gasteiger partial charge is 0.444 e. The highest BCUT2D eigenvalue weighted by Gasteiger charge is 2.43. The van der Waals surface area contributed by atoms with Crippen molar-refractivity contribution in [2.75, 3.05) is 32.1 Å². The SMILES string of the molecule is CC(C)(C)OC(=O)N1CCC2(CC1)COCC(CS(=O)(=O)Cl)O2. The number of carbonyl (C=O) groups excluding carboxylic acids is 1. The zero-order valence-electron chi connectivity index (χ0n) is 13.7. The molecule has 2 aliphatic heterocycles. The summed E-state index contributed by atoms with van der Waals surface area (Å²) in [5.74, 6) is -0.272. The van der Waals surface area contributed by atoms with Gasteiger partial charge in [-0.3, -0.25) is 0 Å². The number of likely N-dealkylation sites (tertiary alicyclic amines) is 1. The Bertz CT molecular complexity index is 536. The van der Waals surface area contributed by atoms with Gasteiger partial charge in [-0.1, -0.05) is 0 Å². The Morgan fingerprint density at radius 2 is 1.96 bits per heavy atom. The normalized spacial score (nSPS) is 25.4. The number of piperidine rings is 1. The van der Waals surface area contributed by atoms with E-state index in [4.69, 9.17) is 24.9 Å². The molecule has 2 rings (SSSR count). The van der Waals surface area contributed by atoms with Crippen LogP contribution in [-0.2, 0) is 23.3 Å². The average molecular weight is 370 g/mol. The van der Waals surface area contributed by atoms with Gasteiger partial charge in [-0.15, -0.1) is 0 Å². The van der Waals surface area contributed by atoms with Crippen LogP contribution in [0.2, 0.25) is 0 Å². The van der Waals surface area contributed by atoms with E-state index in [2.05, 4.69) is 0 Å². The van der Waals surface area contributed by atoms with Crippen LogP contribution < -0.4 is 0 Å². The molecule has 23 heavy (non-hydrogen) atoms. The average Bonchev–Trinajstić information content (AvgIpc) is 2.35. The molecule has 2 heterocycles. The van der Waals surface area contributed by atoms with E-state index in [0.717, 1.165) is 0 Å². The smallest absolute Gasteiger partial charge is 0.410 e. The number of nitrogens with zero attached hydrogens (tertiary/aromatic N) is 1. The van der Waals surface area contributed by atoms with Crippen LogP contribution in [0, 0.1) is 0 Å². The fraction of sp³-hybridized carbons (Fsp3) is 0.929. The molecule has 134 valence electrons. The molecule has 0 aliphatic carbocycles. The number of ether oxygens (including phenoxy) is 3. The Balaban J connectivity index is 1.91. The Labute approximate surface area is 141 Å². The Kier molecular flexibility index (Phi) is 5.50. The highest BCUT2D eigenvalue weighted by molar-refractivity contribution is 8.13. The van der Waals surface area contributed by atoms with E-state index in [1.807, 2.05) is 20.8 Å². The lowest BCUT2D eigenvalue weighted by Gasteiger charge is -2.45. The summed E-state index contributed by atoms with van der Waals surface area (Å²) in [6.07, 6.45) is 0.235. The van der Waals surface area contributed by atoms with E-state index < -0.39 is 26.4 Å². The van der Waals surface area contributed by atoms with Crippen molar-refractivity contribution in [2.45, 2.75) is 50.9 Å². The maximum absolute atomic E-state index is 12.1. The van der Waals surface area contributed by atoms with E-state index in [9.17, 15) is 13.2 Å². The van der Waals surface area contributed by atoms with Gasteiger partial charge in [0.05, 0.1) is 30.7 Å². The summed E-state index contributed by atoms with van der Waals surface area (Å²) in [7, 11) is 1.65. The molecule has 0 aromatic heterocycles. The molecular formula is C14H24ClNO6S. The van der Waals surface area contributed by atoms with Gasteiger partial charge in [-0.2, -0.15) is 0 Å². The van der Waals surface area contributed by atoms with Crippen molar-refractivity contribution < 1.29 is 27.4 Å². The number of halogens is 1. The molecule has 1 spiro atoms. The minimum absolute atomic E-state index is 0.212. The van der Waals surface area contributed by atoms with Crippen molar-refractivity contribution in [3.8, 4) is 0 Å². The maximum atomic E-state index is 12.1. The first-order chi connectivity index (χ1) is 10.5. The van der Waals surface area contributed by atoms with Gasteiger partial charge in [-0.05, 0) is 33.6 Å². The lowest BCUT2D eigenvalue weighted by Crippen LogP contribution is -2.56. The number of hydrogen-bond acceptors (Lipinski definition) is 6. The molecule has 9 heteroatoms. The molecule has 0 radical (unpaired) electrons. The van der Waals surface area contributed by atoms with Crippen LogP contribution in [0.1, 0.15) is 33.6 Å². The number of carbonyl (C=O) groups is 1. The highest BCUT2D eigenvalue weighted by atomic mass is 35.7. The van der Waals surface area contributed by atoms with Crippen molar-refractivity contribution in [2.24, 2.45) is 0 Å². The molecule has 1 atom stereocenters. The molecule has 0 N–H and O–H groups in total. The Hall–Kier alpha value is -0.570. The van der Waals surface area contributed by atoms with Crippen LogP contribution in [0.4, 0.5) is 4.79 Å². The van der Waals surface area contributed by atoms with Crippen LogP contribution in [0.5, 0.6) is 0 Å². The summed E-state index contributed by atoms with van der Waals surface area (Å²) < 4.78 is 39.2. The second-order valence-electron chi connectivity index (χ2n) is 7.11. The second-order valence-corrected chi connectivity index (χ2v) is 9.93. The van der Waals surface area contributed by atoms with E-state index in [1.54, 1.807) is 4.90 Å². The zero-order valence-corrected chi connectivity index (χ0v) is 15.3. The first-order valence-corrected chi connectivity index (χ1v) is 10.1. The Morgan fingerprint density at radius 1 is 1.35 bits per heavy atom. The van der Waals surface area contributed by atoms with Gasteiger partial charge in [-0.25, -0.2) is 13.2 Å². The summed E-state index contributed by atoms with van der Waals surface area (Å²) in [5, 5.41) is 0. The Morgan fingerprint density at radius 3 is 2.48 bits per heavy atom. The van der Waals surface area contributed by atoms with Crippen LogP contribution in [0.3, 0.4) is 0 Å². The molecule has 7 nitrogen and oxygen atoms in total. The molecule has 2 saturated heterocycles. The van der Waals surface area contributed by atoms with Crippen molar-refractivity contribution in [1.29, 1.82) is 0 Å². The summed E-state index contributed by atoms with van der Waals surface area (Å²) >= 11 is 0. The van der Waals surface area contributed by atoms with Crippen LogP contribution in [-0.4, -0.2) is 68.8 Å². The number of amides is 1. The minimum atomic E-state index is -3.64. The predicted molar refractivity (Wildman–Crippen MR) is 85.1 cm³/mol. The first kappa shape index (κ1) is 18.8. The van der Waals surface area contributed by atoms with Gasteiger partial charge >= 0.3 is 6.09 Å². The van der Waals surface area contributed by atoms with Crippen molar-refractivity contribution in [1.82, 2.24) is 4.90 Å². The van der Waals surface area contributed by atoms with E-state index in [1.165, 1.54) is 0 Å². The topological polar surface area (TPSA) is 82.1 Å². The van der Waals surface area contributed by atoms with Gasteiger partial charge in [0.15, 0.2) is 0 Å². The molecular weight excluding hydrogens is 346 g/mol. The quantitative estimate of drug-likeness (QED) is 0.689. The summed E-state index contributed by atoms with van der Waals surface area (Å²) in [6, 6.07) is 0. The fourth-order valence-corrected chi connectivity index (χ4v) is 3.82. The van der Waals surface area contributed by atoms with Crippen LogP contribution in [0.25, 0.3) is 0 Å². The summed E-state index contributed by atoms with van der Waals surface area (Å²) in [4.78, 5) is 13.7. The number of hydrogen-bond donors (Lipinski definition) is 0. The van der Waals surface area contributed by atoms with E-state index in [0.29, 0.717) is 32.5 Å². The van der Waals surface area contributed by atoms with Crippen molar-refractivity contribution in [3.05, 3.63) is 0 Å². The lowest BCUT2D eigenvalue weighted by atomic mass is 9.91. The van der Waals surface area contributed by atoms with Gasteiger partial charge in [0.25, 0.3) is 0 Å². The van der Waals surface area contributed by atoms with Gasteiger partial charge in [0.1, 0.15) is 5.60 Å². The van der Waals surface area contributed by atoms with Gasteiger partial charge in [0, 0.05) is 23.8 Å². The monoisotopic (exact) mass is 369 g/mol. The van der Waals surface area contributed by atoms with E-state index in [-0.39, 0.29) is 18.5 Å². The van der Waals surface area contributed by atoms with Gasteiger partial charge < -0.3 is 19.1 Å². The fourth-order valence-electron chi connectivity index (χ4n) is 2.79. The van der Waals surface area contributed by atoms with E-state index >= 15 is 0 Å².